The van der Waals surface area contributed by atoms with E-state index in [0.29, 0.717) is 17.1 Å². The lowest BCUT2D eigenvalue weighted by Crippen LogP contribution is -1.96. The van der Waals surface area contributed by atoms with Gasteiger partial charge in [0.1, 0.15) is 17.1 Å². The maximum atomic E-state index is 12.2. The van der Waals surface area contributed by atoms with Crippen LogP contribution in [0.3, 0.4) is 0 Å². The van der Waals surface area contributed by atoms with Crippen LogP contribution >= 0.6 is 0 Å². The molecule has 0 N–H and O–H groups in total. The zero-order valence-electron chi connectivity index (χ0n) is 10.6. The third-order valence-corrected chi connectivity index (χ3v) is 2.92. The second kappa shape index (κ2) is 4.31. The van der Waals surface area contributed by atoms with Gasteiger partial charge in [-0.25, -0.2) is 0 Å². The molecule has 2 heterocycles. The Hall–Kier alpha value is -2.49. The molecule has 4 nitrogen and oxygen atoms in total. The molecule has 0 fully saturated rings. The summed E-state index contributed by atoms with van der Waals surface area (Å²) in [6.45, 7) is 1.79. The molecule has 0 amide bonds. The first kappa shape index (κ1) is 11.6. The standard InChI is InChI=1S/C15H12O4/c1-9-3-6-12(18-9)15(16)14-7-10-4-5-11(17-2)8-13(10)19-14/h3-8H,1-2H3. The summed E-state index contributed by atoms with van der Waals surface area (Å²) in [7, 11) is 1.59. The SMILES string of the molecule is COc1ccc2cc(C(=O)c3ccc(C)o3)oc2c1. The Bertz CT molecular complexity index is 748. The van der Waals surface area contributed by atoms with Gasteiger partial charge in [-0.05, 0) is 37.3 Å². The van der Waals surface area contributed by atoms with E-state index in [1.165, 1.54) is 0 Å². The lowest BCUT2D eigenvalue weighted by molar-refractivity contribution is 0.0984. The van der Waals surface area contributed by atoms with Gasteiger partial charge in [0.15, 0.2) is 11.5 Å². The second-order valence-electron chi connectivity index (χ2n) is 4.25. The fourth-order valence-corrected chi connectivity index (χ4v) is 1.93. The van der Waals surface area contributed by atoms with Crippen molar-refractivity contribution < 1.29 is 18.4 Å². The van der Waals surface area contributed by atoms with E-state index in [0.717, 1.165) is 5.39 Å². The molecule has 0 aliphatic heterocycles. The Morgan fingerprint density at radius 3 is 2.58 bits per heavy atom. The molecule has 0 radical (unpaired) electrons. The van der Waals surface area contributed by atoms with Crippen LogP contribution in [0.4, 0.5) is 0 Å². The summed E-state index contributed by atoms with van der Waals surface area (Å²) >= 11 is 0. The number of methoxy groups -OCH3 is 1. The highest BCUT2D eigenvalue weighted by molar-refractivity contribution is 6.07. The van der Waals surface area contributed by atoms with Crippen molar-refractivity contribution >= 4 is 16.8 Å². The highest BCUT2D eigenvalue weighted by Gasteiger charge is 2.17. The van der Waals surface area contributed by atoms with Crippen molar-refractivity contribution in [1.29, 1.82) is 0 Å². The van der Waals surface area contributed by atoms with Crippen LogP contribution in [0.25, 0.3) is 11.0 Å². The first-order valence-electron chi connectivity index (χ1n) is 5.86. The minimum absolute atomic E-state index is 0.261. The quantitative estimate of drug-likeness (QED) is 0.672. The molecule has 1 aromatic carbocycles. The number of rotatable bonds is 3. The Labute approximate surface area is 109 Å². The molecule has 0 saturated carbocycles. The fourth-order valence-electron chi connectivity index (χ4n) is 1.93. The van der Waals surface area contributed by atoms with Crippen LogP contribution in [0, 0.1) is 6.92 Å². The molecule has 0 saturated heterocycles. The molecular formula is C15H12O4. The Balaban J connectivity index is 2.03. The van der Waals surface area contributed by atoms with Gasteiger partial charge in [0.2, 0.25) is 0 Å². The van der Waals surface area contributed by atoms with Gasteiger partial charge in [0.05, 0.1) is 7.11 Å². The summed E-state index contributed by atoms with van der Waals surface area (Å²) in [5, 5.41) is 0.854. The smallest absolute Gasteiger partial charge is 0.263 e. The summed E-state index contributed by atoms with van der Waals surface area (Å²) in [6.07, 6.45) is 0. The summed E-state index contributed by atoms with van der Waals surface area (Å²) in [6, 6.07) is 10.5. The molecule has 0 atom stereocenters. The van der Waals surface area contributed by atoms with Gasteiger partial charge in [-0.2, -0.15) is 0 Å². The van der Waals surface area contributed by atoms with E-state index >= 15 is 0 Å². The lowest BCUT2D eigenvalue weighted by Gasteiger charge is -1.96. The van der Waals surface area contributed by atoms with Crippen LogP contribution in [-0.2, 0) is 0 Å². The van der Waals surface area contributed by atoms with Crippen molar-refractivity contribution in [2.45, 2.75) is 6.92 Å². The minimum Gasteiger partial charge on any atom is -0.497 e. The van der Waals surface area contributed by atoms with Gasteiger partial charge in [0.25, 0.3) is 5.78 Å². The van der Waals surface area contributed by atoms with Gasteiger partial charge >= 0.3 is 0 Å². The van der Waals surface area contributed by atoms with Gasteiger partial charge in [0, 0.05) is 11.5 Å². The number of hydrogen-bond donors (Lipinski definition) is 0. The molecule has 0 aliphatic rings. The molecule has 3 aromatic rings. The fraction of sp³-hybridized carbons (Fsp3) is 0.133. The van der Waals surface area contributed by atoms with E-state index in [2.05, 4.69) is 0 Å². The summed E-state index contributed by atoms with van der Waals surface area (Å²) in [5.41, 5.74) is 0.617. The Morgan fingerprint density at radius 2 is 1.89 bits per heavy atom. The number of carbonyl (C=O) groups excluding carboxylic acids is 1. The Kier molecular flexibility index (Phi) is 2.63. The number of aryl methyl sites for hydroxylation is 1. The molecule has 4 heteroatoms. The molecule has 96 valence electrons. The minimum atomic E-state index is -0.261. The molecule has 2 aromatic heterocycles. The zero-order valence-corrected chi connectivity index (χ0v) is 10.6. The van der Waals surface area contributed by atoms with Crippen LogP contribution in [-0.4, -0.2) is 12.9 Å². The number of fused-ring (bicyclic) bond motifs is 1. The maximum absolute atomic E-state index is 12.2. The van der Waals surface area contributed by atoms with Crippen LogP contribution in [0.1, 0.15) is 22.1 Å². The van der Waals surface area contributed by atoms with E-state index in [-0.39, 0.29) is 17.3 Å². The van der Waals surface area contributed by atoms with Gasteiger partial charge in [-0.1, -0.05) is 0 Å². The third kappa shape index (κ3) is 2.01. The van der Waals surface area contributed by atoms with Crippen molar-refractivity contribution in [3.63, 3.8) is 0 Å². The highest BCUT2D eigenvalue weighted by Crippen LogP contribution is 2.25. The van der Waals surface area contributed by atoms with Crippen LogP contribution in [0.2, 0.25) is 0 Å². The zero-order chi connectivity index (χ0) is 13.4. The highest BCUT2D eigenvalue weighted by atomic mass is 16.5. The van der Waals surface area contributed by atoms with Gasteiger partial charge in [-0.3, -0.25) is 4.79 Å². The van der Waals surface area contributed by atoms with Crippen LogP contribution in [0.15, 0.2) is 45.2 Å². The normalized spacial score (nSPS) is 10.8. The van der Waals surface area contributed by atoms with Crippen LogP contribution in [0.5, 0.6) is 5.75 Å². The predicted octanol–water partition coefficient (Wildman–Crippen LogP) is 3.57. The second-order valence-corrected chi connectivity index (χ2v) is 4.25. The van der Waals surface area contributed by atoms with E-state index in [9.17, 15) is 4.79 Å². The van der Waals surface area contributed by atoms with E-state index in [4.69, 9.17) is 13.6 Å². The summed E-state index contributed by atoms with van der Waals surface area (Å²) in [5.74, 6) is 1.67. The number of benzene rings is 1. The van der Waals surface area contributed by atoms with E-state index < -0.39 is 0 Å². The van der Waals surface area contributed by atoms with E-state index in [1.807, 2.05) is 12.1 Å². The topological polar surface area (TPSA) is 52.6 Å². The average Bonchev–Trinajstić information content (AvgIpc) is 3.02. The molecular weight excluding hydrogens is 244 g/mol. The number of ketones is 1. The number of ether oxygens (including phenoxy) is 1. The molecule has 0 spiro atoms. The average molecular weight is 256 g/mol. The summed E-state index contributed by atoms with van der Waals surface area (Å²) < 4.78 is 16.0. The number of hydrogen-bond acceptors (Lipinski definition) is 4. The first-order valence-corrected chi connectivity index (χ1v) is 5.86. The number of furan rings is 2. The predicted molar refractivity (Wildman–Crippen MR) is 69.6 cm³/mol. The molecule has 3 rings (SSSR count). The molecule has 19 heavy (non-hydrogen) atoms. The first-order chi connectivity index (χ1) is 9.17. The van der Waals surface area contributed by atoms with Crippen molar-refractivity contribution in [3.8, 4) is 5.75 Å². The van der Waals surface area contributed by atoms with Gasteiger partial charge in [-0.15, -0.1) is 0 Å². The maximum Gasteiger partial charge on any atom is 0.263 e. The monoisotopic (exact) mass is 256 g/mol. The lowest BCUT2D eigenvalue weighted by atomic mass is 10.2. The van der Waals surface area contributed by atoms with Crippen molar-refractivity contribution in [2.75, 3.05) is 7.11 Å². The molecule has 0 bridgehead atoms. The van der Waals surface area contributed by atoms with Crippen molar-refractivity contribution in [3.05, 3.63) is 53.7 Å². The van der Waals surface area contributed by atoms with Crippen LogP contribution < -0.4 is 4.74 Å². The molecule has 0 unspecified atom stereocenters. The number of carbonyl (C=O) groups is 1. The largest absolute Gasteiger partial charge is 0.497 e. The Morgan fingerprint density at radius 1 is 1.05 bits per heavy atom. The van der Waals surface area contributed by atoms with E-state index in [1.54, 1.807) is 38.3 Å². The van der Waals surface area contributed by atoms with Gasteiger partial charge < -0.3 is 13.6 Å². The molecule has 0 aliphatic carbocycles. The summed E-state index contributed by atoms with van der Waals surface area (Å²) in [4.78, 5) is 12.2. The van der Waals surface area contributed by atoms with Crippen molar-refractivity contribution in [1.82, 2.24) is 0 Å². The third-order valence-electron chi connectivity index (χ3n) is 2.92. The van der Waals surface area contributed by atoms with Crippen molar-refractivity contribution in [2.24, 2.45) is 0 Å².